The van der Waals surface area contributed by atoms with E-state index in [2.05, 4.69) is 40.6 Å². The monoisotopic (exact) mass is 388 g/mol. The number of ether oxygens (including phenoxy) is 1. The number of nitrogens with one attached hydrogen (secondary N) is 1. The number of rotatable bonds is 2. The van der Waals surface area contributed by atoms with Crippen molar-refractivity contribution in [1.29, 1.82) is 0 Å². The molecular formula is C14H16N10O4. The fourth-order valence-corrected chi connectivity index (χ4v) is 2.79. The largest absolute Gasteiger partial charge is 0.394 e. The summed E-state index contributed by atoms with van der Waals surface area (Å²) in [5, 5.41) is 45.8. The van der Waals surface area contributed by atoms with E-state index in [1.165, 1.54) is 17.2 Å². The smallest absolute Gasteiger partial charge is 0.167 e. The minimum absolute atomic E-state index is 0.218. The molecular weight excluding hydrogens is 372 g/mol. The summed E-state index contributed by atoms with van der Waals surface area (Å²) in [6.45, 7) is -0.390. The van der Waals surface area contributed by atoms with Crippen LogP contribution in [0.15, 0.2) is 25.0 Å². The molecule has 28 heavy (non-hydrogen) atoms. The van der Waals surface area contributed by atoms with E-state index in [9.17, 15) is 10.2 Å². The van der Waals surface area contributed by atoms with Crippen LogP contribution in [0.5, 0.6) is 0 Å². The third-order valence-corrected chi connectivity index (χ3v) is 4.22. The molecule has 6 N–H and O–H groups in total. The number of aliphatic hydroxyl groups is 3. The number of imidazole rings is 1. The van der Waals surface area contributed by atoms with Gasteiger partial charge >= 0.3 is 0 Å². The van der Waals surface area contributed by atoms with Crippen LogP contribution >= 0.6 is 0 Å². The first-order valence-electron chi connectivity index (χ1n) is 8.13. The minimum Gasteiger partial charge on any atom is -0.394 e. The molecule has 146 valence electrons. The number of aliphatic hydroxyl groups excluding tert-OH is 3. The zero-order valence-corrected chi connectivity index (χ0v) is 14.2. The average Bonchev–Trinajstić information content (AvgIpc) is 3.42. The lowest BCUT2D eigenvalue weighted by Crippen LogP contribution is -2.33. The molecule has 0 aliphatic carbocycles. The van der Waals surface area contributed by atoms with E-state index in [-0.39, 0.29) is 5.82 Å². The molecule has 0 bridgehead atoms. The second kappa shape index (κ2) is 7.35. The molecule has 14 nitrogen and oxygen atoms in total. The summed E-state index contributed by atoms with van der Waals surface area (Å²) in [4.78, 5) is 11.9. The molecule has 4 aromatic rings. The number of nitrogens with zero attached hydrogens (tertiary/aromatic N) is 8. The third-order valence-electron chi connectivity index (χ3n) is 4.22. The number of fused-ring (bicyclic) bond motifs is 2. The van der Waals surface area contributed by atoms with Gasteiger partial charge in [-0.25, -0.2) is 15.0 Å². The highest BCUT2D eigenvalue weighted by Crippen LogP contribution is 2.31. The van der Waals surface area contributed by atoms with Crippen molar-refractivity contribution in [3.05, 3.63) is 25.0 Å². The van der Waals surface area contributed by atoms with Crippen LogP contribution in [0.25, 0.3) is 22.2 Å². The van der Waals surface area contributed by atoms with Crippen LogP contribution in [0, 0.1) is 0 Å². The third kappa shape index (κ3) is 3.09. The van der Waals surface area contributed by atoms with Crippen molar-refractivity contribution in [1.82, 2.24) is 45.1 Å². The van der Waals surface area contributed by atoms with Crippen LogP contribution in [-0.2, 0) is 4.74 Å². The van der Waals surface area contributed by atoms with Crippen LogP contribution in [0.4, 0.5) is 5.82 Å². The summed E-state index contributed by atoms with van der Waals surface area (Å²) >= 11 is 0. The van der Waals surface area contributed by atoms with E-state index in [1.807, 2.05) is 0 Å². The van der Waals surface area contributed by atoms with Gasteiger partial charge < -0.3 is 25.8 Å². The van der Waals surface area contributed by atoms with Crippen LogP contribution in [0.3, 0.4) is 0 Å². The van der Waals surface area contributed by atoms with Gasteiger partial charge in [-0.3, -0.25) is 9.67 Å². The van der Waals surface area contributed by atoms with Crippen molar-refractivity contribution in [2.24, 2.45) is 0 Å². The van der Waals surface area contributed by atoms with Crippen molar-refractivity contribution in [2.45, 2.75) is 24.5 Å². The summed E-state index contributed by atoms with van der Waals surface area (Å²) in [5.74, 6) is 0.218. The van der Waals surface area contributed by atoms with E-state index in [1.54, 1.807) is 12.4 Å². The minimum atomic E-state index is -1.19. The van der Waals surface area contributed by atoms with Crippen molar-refractivity contribution >= 4 is 28.0 Å². The van der Waals surface area contributed by atoms with Gasteiger partial charge in [-0.15, -0.1) is 10.2 Å². The molecule has 1 aliphatic heterocycles. The number of aromatic nitrogens is 9. The predicted molar refractivity (Wildman–Crippen MR) is 92.2 cm³/mol. The maximum atomic E-state index is 9.95. The molecule has 0 radical (unpaired) electrons. The molecule has 0 spiro atoms. The highest BCUT2D eigenvalue weighted by Gasteiger charge is 2.43. The number of aromatic amines is 1. The molecule has 0 unspecified atom stereocenters. The van der Waals surface area contributed by atoms with Crippen LogP contribution in [0.1, 0.15) is 6.23 Å². The van der Waals surface area contributed by atoms with Crippen molar-refractivity contribution in [3.8, 4) is 0 Å². The Labute approximate surface area is 156 Å². The lowest BCUT2D eigenvalue weighted by Gasteiger charge is -2.16. The number of nitrogen functional groups attached to an aromatic ring is 1. The Morgan fingerprint density at radius 1 is 1.18 bits per heavy atom. The van der Waals surface area contributed by atoms with Gasteiger partial charge in [0.2, 0.25) is 0 Å². The maximum absolute atomic E-state index is 9.95. The van der Waals surface area contributed by atoms with E-state index < -0.39 is 31.1 Å². The van der Waals surface area contributed by atoms with E-state index >= 15 is 0 Å². The topological polar surface area (TPSA) is 207 Å². The Hall–Kier alpha value is -3.33. The zero-order chi connectivity index (χ0) is 19.7. The van der Waals surface area contributed by atoms with Gasteiger partial charge in [-0.1, -0.05) is 0 Å². The summed E-state index contributed by atoms with van der Waals surface area (Å²) in [6.07, 6.45) is 1.76. The van der Waals surface area contributed by atoms with E-state index in [4.69, 9.17) is 15.6 Å². The predicted octanol–water partition coefficient (Wildman–Crippen LogP) is -2.23. The van der Waals surface area contributed by atoms with E-state index in [0.29, 0.717) is 11.2 Å². The first-order chi connectivity index (χ1) is 13.6. The van der Waals surface area contributed by atoms with Crippen molar-refractivity contribution in [3.63, 3.8) is 0 Å². The number of nitrogens with two attached hydrogens (primary N) is 1. The SMILES string of the molecule is Nc1ncnc2c1ncn2[C@@H]1O[C@H](CO)[C@@H](O)[C@H]1O.c1n[nH]c2cnnnc12. The molecule has 0 aromatic carbocycles. The number of hydrogen-bond donors (Lipinski definition) is 5. The zero-order valence-electron chi connectivity index (χ0n) is 14.2. The summed E-state index contributed by atoms with van der Waals surface area (Å²) in [7, 11) is 0. The number of anilines is 1. The molecule has 1 saturated heterocycles. The summed E-state index contributed by atoms with van der Waals surface area (Å²) < 4.78 is 6.85. The number of hydrogen-bond acceptors (Lipinski definition) is 12. The maximum Gasteiger partial charge on any atom is 0.167 e. The quantitative estimate of drug-likeness (QED) is 0.247. The second-order valence-corrected chi connectivity index (χ2v) is 5.91. The molecule has 4 atom stereocenters. The Bertz CT molecular complexity index is 1050. The van der Waals surface area contributed by atoms with Gasteiger partial charge in [0, 0.05) is 0 Å². The van der Waals surface area contributed by atoms with Crippen LogP contribution in [-0.4, -0.2) is 85.4 Å². The van der Waals surface area contributed by atoms with Crippen molar-refractivity contribution in [2.75, 3.05) is 12.3 Å². The van der Waals surface area contributed by atoms with Gasteiger partial charge in [0.05, 0.1) is 25.3 Å². The van der Waals surface area contributed by atoms with Crippen LogP contribution < -0.4 is 5.73 Å². The Morgan fingerprint density at radius 3 is 2.79 bits per heavy atom. The van der Waals surface area contributed by atoms with Gasteiger partial charge in [0.25, 0.3) is 0 Å². The average molecular weight is 388 g/mol. The lowest BCUT2D eigenvalue weighted by molar-refractivity contribution is -0.0511. The van der Waals surface area contributed by atoms with Crippen LogP contribution in [0.2, 0.25) is 0 Å². The second-order valence-electron chi connectivity index (χ2n) is 5.91. The first kappa shape index (κ1) is 18.1. The molecule has 1 fully saturated rings. The molecule has 5 rings (SSSR count). The first-order valence-corrected chi connectivity index (χ1v) is 8.13. The highest BCUT2D eigenvalue weighted by molar-refractivity contribution is 5.81. The van der Waals surface area contributed by atoms with Gasteiger partial charge in [-0.2, -0.15) is 5.10 Å². The number of H-pyrrole nitrogens is 1. The normalized spacial score (nSPS) is 24.4. The Morgan fingerprint density at radius 2 is 2.04 bits per heavy atom. The lowest BCUT2D eigenvalue weighted by atomic mass is 10.1. The highest BCUT2D eigenvalue weighted by atomic mass is 16.6. The molecule has 1 aliphatic rings. The van der Waals surface area contributed by atoms with Gasteiger partial charge in [0.1, 0.15) is 41.2 Å². The Kier molecular flexibility index (Phi) is 4.74. The fraction of sp³-hybridized carbons (Fsp3) is 0.357. The fourth-order valence-electron chi connectivity index (χ4n) is 2.79. The van der Waals surface area contributed by atoms with Gasteiger partial charge in [0.15, 0.2) is 17.7 Å². The van der Waals surface area contributed by atoms with Crippen molar-refractivity contribution < 1.29 is 20.1 Å². The molecule has 0 amide bonds. The molecule has 5 heterocycles. The summed E-state index contributed by atoms with van der Waals surface area (Å²) in [6, 6.07) is 0. The molecule has 0 saturated carbocycles. The van der Waals surface area contributed by atoms with E-state index in [0.717, 1.165) is 11.0 Å². The summed E-state index contributed by atoms with van der Waals surface area (Å²) in [5.41, 5.74) is 8.00. The van der Waals surface area contributed by atoms with Gasteiger partial charge in [-0.05, 0) is 5.21 Å². The Balaban J connectivity index is 0.000000177. The molecule has 14 heteroatoms. The molecule has 4 aromatic heterocycles. The standard InChI is InChI=1S/C10H13N5O4.C4H3N5/c11-8-5-9(13-2-12-8)15(3-14-5)10-7(18)6(17)4(1-16)19-10;1-4-3(7-5-1)2-6-9-8-4/h2-4,6-7,10,16-18H,1H2,(H2,11,12,13);1-2H,(H,5,7)/t4-,6-,7-,10-;/m1./s1.